The number of aromatic nitrogens is 3. The maximum atomic E-state index is 5.94. The van der Waals surface area contributed by atoms with Crippen molar-refractivity contribution in [2.24, 2.45) is 0 Å². The van der Waals surface area contributed by atoms with Crippen LogP contribution in [0.2, 0.25) is 5.02 Å². The van der Waals surface area contributed by atoms with Gasteiger partial charge in [0.2, 0.25) is 0 Å². The fraction of sp³-hybridized carbons (Fsp3) is 0. The normalized spacial score (nSPS) is 10.5. The first-order chi connectivity index (χ1) is 5.79. The zero-order chi connectivity index (χ0) is 8.55. The summed E-state index contributed by atoms with van der Waals surface area (Å²) in [6.45, 7) is 0. The second kappa shape index (κ2) is 2.95. The summed E-state index contributed by atoms with van der Waals surface area (Å²) in [7, 11) is 0. The summed E-state index contributed by atoms with van der Waals surface area (Å²) in [4.78, 5) is 12.1. The maximum Gasteiger partial charge on any atom is 0.179 e. The van der Waals surface area contributed by atoms with Crippen LogP contribution in [0.15, 0.2) is 23.1 Å². The Morgan fingerprint density at radius 2 is 1.92 bits per heavy atom. The van der Waals surface area contributed by atoms with Crippen molar-refractivity contribution in [2.75, 3.05) is 0 Å². The SMILES string of the molecule is Clc1c(Br)cnc2nccnc12. The van der Waals surface area contributed by atoms with Crippen molar-refractivity contribution in [3.05, 3.63) is 28.1 Å². The molecular weight excluding hydrogens is 241 g/mol. The standard InChI is InChI=1S/C7H3BrClN3/c8-4-3-12-7-6(5(4)9)10-1-2-11-7/h1-3H. The van der Waals surface area contributed by atoms with E-state index in [9.17, 15) is 0 Å². The Morgan fingerprint density at radius 1 is 1.17 bits per heavy atom. The Bertz CT molecular complexity index is 432. The van der Waals surface area contributed by atoms with E-state index in [-0.39, 0.29) is 0 Å². The highest BCUT2D eigenvalue weighted by atomic mass is 79.9. The van der Waals surface area contributed by atoms with Gasteiger partial charge < -0.3 is 0 Å². The molecular formula is C7H3BrClN3. The molecule has 0 saturated heterocycles. The molecule has 0 spiro atoms. The van der Waals surface area contributed by atoms with Gasteiger partial charge in [-0.15, -0.1) is 0 Å². The van der Waals surface area contributed by atoms with Gasteiger partial charge in [0.15, 0.2) is 5.65 Å². The minimum Gasteiger partial charge on any atom is -0.250 e. The summed E-state index contributed by atoms with van der Waals surface area (Å²) in [6.07, 6.45) is 4.78. The number of rotatable bonds is 0. The van der Waals surface area contributed by atoms with Gasteiger partial charge in [-0.3, -0.25) is 0 Å². The molecule has 0 saturated carbocycles. The number of fused-ring (bicyclic) bond motifs is 1. The summed E-state index contributed by atoms with van der Waals surface area (Å²) < 4.78 is 0.733. The molecule has 0 unspecified atom stereocenters. The Morgan fingerprint density at radius 3 is 2.75 bits per heavy atom. The van der Waals surface area contributed by atoms with Crippen molar-refractivity contribution < 1.29 is 0 Å². The van der Waals surface area contributed by atoms with Crippen LogP contribution in [0.5, 0.6) is 0 Å². The minimum absolute atomic E-state index is 0.549. The van der Waals surface area contributed by atoms with E-state index >= 15 is 0 Å². The summed E-state index contributed by atoms with van der Waals surface area (Å²) in [5, 5.41) is 0.549. The van der Waals surface area contributed by atoms with Gasteiger partial charge in [-0.25, -0.2) is 15.0 Å². The van der Waals surface area contributed by atoms with Gasteiger partial charge in [0, 0.05) is 18.6 Å². The molecule has 0 aromatic carbocycles. The van der Waals surface area contributed by atoms with Gasteiger partial charge in [-0.2, -0.15) is 0 Å². The van der Waals surface area contributed by atoms with Crippen LogP contribution in [0.1, 0.15) is 0 Å². The van der Waals surface area contributed by atoms with E-state index in [1.54, 1.807) is 18.6 Å². The molecule has 2 rings (SSSR count). The molecule has 2 aromatic rings. The largest absolute Gasteiger partial charge is 0.250 e. The lowest BCUT2D eigenvalue weighted by Crippen LogP contribution is -1.87. The van der Waals surface area contributed by atoms with Crippen LogP contribution in [0.25, 0.3) is 11.2 Å². The lowest BCUT2D eigenvalue weighted by molar-refractivity contribution is 1.22. The van der Waals surface area contributed by atoms with Crippen molar-refractivity contribution >= 4 is 38.7 Å². The summed E-state index contributed by atoms with van der Waals surface area (Å²) in [5.74, 6) is 0. The Labute approximate surface area is 81.9 Å². The predicted octanol–water partition coefficient (Wildman–Crippen LogP) is 2.44. The summed E-state index contributed by atoms with van der Waals surface area (Å²) in [5.41, 5.74) is 1.18. The Balaban J connectivity index is 2.91. The summed E-state index contributed by atoms with van der Waals surface area (Å²) >= 11 is 9.19. The molecule has 2 heterocycles. The molecule has 0 bridgehead atoms. The third-order valence-electron chi connectivity index (χ3n) is 1.40. The maximum absolute atomic E-state index is 5.94. The van der Waals surface area contributed by atoms with Gasteiger partial charge in [0.05, 0.1) is 9.50 Å². The van der Waals surface area contributed by atoms with Crippen LogP contribution in [0.3, 0.4) is 0 Å². The molecule has 2 aromatic heterocycles. The molecule has 3 nitrogen and oxygen atoms in total. The average molecular weight is 244 g/mol. The van der Waals surface area contributed by atoms with Crippen molar-refractivity contribution in [1.82, 2.24) is 15.0 Å². The van der Waals surface area contributed by atoms with Crippen LogP contribution in [0, 0.1) is 0 Å². The lowest BCUT2D eigenvalue weighted by Gasteiger charge is -1.98. The van der Waals surface area contributed by atoms with E-state index in [4.69, 9.17) is 11.6 Å². The molecule has 0 atom stereocenters. The van der Waals surface area contributed by atoms with Crippen molar-refractivity contribution in [3.63, 3.8) is 0 Å². The van der Waals surface area contributed by atoms with E-state index in [2.05, 4.69) is 30.9 Å². The highest BCUT2D eigenvalue weighted by Gasteiger charge is 2.04. The van der Waals surface area contributed by atoms with E-state index in [1.165, 1.54) is 0 Å². The Kier molecular flexibility index (Phi) is 1.94. The second-order valence-electron chi connectivity index (χ2n) is 2.15. The fourth-order valence-corrected chi connectivity index (χ4v) is 1.34. The smallest absolute Gasteiger partial charge is 0.179 e. The third-order valence-corrected chi connectivity index (χ3v) is 2.61. The fourth-order valence-electron chi connectivity index (χ4n) is 0.868. The predicted molar refractivity (Wildman–Crippen MR) is 50.0 cm³/mol. The number of pyridine rings is 1. The highest BCUT2D eigenvalue weighted by molar-refractivity contribution is 9.10. The monoisotopic (exact) mass is 243 g/mol. The lowest BCUT2D eigenvalue weighted by atomic mass is 10.4. The van der Waals surface area contributed by atoms with Gasteiger partial charge >= 0.3 is 0 Å². The van der Waals surface area contributed by atoms with Crippen molar-refractivity contribution in [1.29, 1.82) is 0 Å². The number of hydrogen-bond acceptors (Lipinski definition) is 3. The quantitative estimate of drug-likeness (QED) is 0.714. The van der Waals surface area contributed by atoms with Crippen LogP contribution in [-0.4, -0.2) is 15.0 Å². The van der Waals surface area contributed by atoms with Crippen LogP contribution < -0.4 is 0 Å². The van der Waals surface area contributed by atoms with Crippen LogP contribution >= 0.6 is 27.5 Å². The third kappa shape index (κ3) is 1.17. The van der Waals surface area contributed by atoms with Gasteiger partial charge in [0.25, 0.3) is 0 Å². The molecule has 0 fully saturated rings. The average Bonchev–Trinajstić information content (AvgIpc) is 2.12. The number of halogens is 2. The first-order valence-corrected chi connectivity index (χ1v) is 4.37. The van der Waals surface area contributed by atoms with Gasteiger partial charge in [-0.05, 0) is 15.9 Å². The molecule has 5 heteroatoms. The zero-order valence-corrected chi connectivity index (χ0v) is 8.17. The second-order valence-corrected chi connectivity index (χ2v) is 3.38. The molecule has 0 N–H and O–H groups in total. The van der Waals surface area contributed by atoms with Crippen LogP contribution in [-0.2, 0) is 0 Å². The van der Waals surface area contributed by atoms with E-state index in [1.807, 2.05) is 0 Å². The van der Waals surface area contributed by atoms with Gasteiger partial charge in [0.1, 0.15) is 5.52 Å². The van der Waals surface area contributed by atoms with Crippen molar-refractivity contribution in [3.8, 4) is 0 Å². The minimum atomic E-state index is 0.549. The van der Waals surface area contributed by atoms with E-state index < -0.39 is 0 Å². The number of hydrogen-bond donors (Lipinski definition) is 0. The van der Waals surface area contributed by atoms with Crippen molar-refractivity contribution in [2.45, 2.75) is 0 Å². The molecule has 0 aliphatic carbocycles. The van der Waals surface area contributed by atoms with Crippen LogP contribution in [0.4, 0.5) is 0 Å². The molecule has 12 heavy (non-hydrogen) atoms. The highest BCUT2D eigenvalue weighted by Crippen LogP contribution is 2.26. The zero-order valence-electron chi connectivity index (χ0n) is 5.83. The van der Waals surface area contributed by atoms with E-state index in [0.717, 1.165) is 4.47 Å². The first-order valence-electron chi connectivity index (χ1n) is 3.20. The molecule has 60 valence electrons. The van der Waals surface area contributed by atoms with Gasteiger partial charge in [-0.1, -0.05) is 11.6 Å². The molecule has 0 aliphatic rings. The molecule has 0 aliphatic heterocycles. The molecule has 0 radical (unpaired) electrons. The van der Waals surface area contributed by atoms with E-state index in [0.29, 0.717) is 16.2 Å². The topological polar surface area (TPSA) is 38.7 Å². The number of nitrogens with zero attached hydrogens (tertiary/aromatic N) is 3. The first kappa shape index (κ1) is 7.89. The molecule has 0 amide bonds. The Hall–Kier alpha value is -0.740. The summed E-state index contributed by atoms with van der Waals surface area (Å²) in [6, 6.07) is 0.